The number of hydrogen-bond donors (Lipinski definition) is 2. The zero-order valence-electron chi connectivity index (χ0n) is 13.2. The molecule has 1 heterocycles. The molecule has 0 saturated carbocycles. The number of carbonyl (C=O) groups excluding carboxylic acids is 2. The van der Waals surface area contributed by atoms with E-state index in [1.54, 1.807) is 0 Å². The van der Waals surface area contributed by atoms with Crippen molar-refractivity contribution in [2.75, 3.05) is 18.5 Å². The van der Waals surface area contributed by atoms with Crippen LogP contribution in [-0.4, -0.2) is 31.1 Å². The summed E-state index contributed by atoms with van der Waals surface area (Å²) in [4.78, 5) is 23.8. The van der Waals surface area contributed by atoms with Crippen molar-refractivity contribution in [1.29, 1.82) is 0 Å². The molecule has 1 unspecified atom stereocenters. The standard InChI is InChI=1S/C16H19F3N2O3/c1-10-9-12(4-5-13(10)16(17,18)19)21-15(23)14(22)20-11-3-2-7-24-8-6-11/h4-5,9,11H,2-3,6-8H2,1H3,(H,20,22)(H,21,23). The van der Waals surface area contributed by atoms with E-state index in [1.165, 1.54) is 13.0 Å². The molecule has 0 spiro atoms. The first-order valence-corrected chi connectivity index (χ1v) is 7.65. The van der Waals surface area contributed by atoms with Crippen molar-refractivity contribution in [1.82, 2.24) is 5.32 Å². The quantitative estimate of drug-likeness (QED) is 0.811. The summed E-state index contributed by atoms with van der Waals surface area (Å²) in [7, 11) is 0. The van der Waals surface area contributed by atoms with Crippen LogP contribution in [0.2, 0.25) is 0 Å². The van der Waals surface area contributed by atoms with Crippen molar-refractivity contribution in [3.05, 3.63) is 29.3 Å². The van der Waals surface area contributed by atoms with Crippen LogP contribution < -0.4 is 10.6 Å². The fourth-order valence-corrected chi connectivity index (χ4v) is 2.55. The van der Waals surface area contributed by atoms with Crippen LogP contribution in [0.25, 0.3) is 0 Å². The normalized spacial score (nSPS) is 18.6. The Bertz CT molecular complexity index is 609. The summed E-state index contributed by atoms with van der Waals surface area (Å²) in [6, 6.07) is 3.06. The van der Waals surface area contributed by atoms with Crippen molar-refractivity contribution in [2.24, 2.45) is 0 Å². The third-order valence-electron chi connectivity index (χ3n) is 3.78. The molecule has 2 amide bonds. The number of ether oxygens (including phenoxy) is 1. The van der Waals surface area contributed by atoms with Crippen LogP contribution >= 0.6 is 0 Å². The van der Waals surface area contributed by atoms with Crippen molar-refractivity contribution < 1.29 is 27.5 Å². The molecular weight excluding hydrogens is 325 g/mol. The summed E-state index contributed by atoms with van der Waals surface area (Å²) < 4.78 is 43.4. The van der Waals surface area contributed by atoms with Gasteiger partial charge in [-0.2, -0.15) is 13.2 Å². The summed E-state index contributed by atoms with van der Waals surface area (Å²) in [5.41, 5.74) is -0.658. The van der Waals surface area contributed by atoms with Gasteiger partial charge in [-0.25, -0.2) is 0 Å². The van der Waals surface area contributed by atoms with Gasteiger partial charge in [0, 0.05) is 24.9 Å². The van der Waals surface area contributed by atoms with E-state index < -0.39 is 23.6 Å². The van der Waals surface area contributed by atoms with Crippen molar-refractivity contribution in [3.8, 4) is 0 Å². The highest BCUT2D eigenvalue weighted by atomic mass is 19.4. The Morgan fingerprint density at radius 2 is 1.92 bits per heavy atom. The summed E-state index contributed by atoms with van der Waals surface area (Å²) in [6.07, 6.45) is -2.31. The summed E-state index contributed by atoms with van der Waals surface area (Å²) >= 11 is 0. The maximum atomic E-state index is 12.7. The molecule has 0 radical (unpaired) electrons. The third-order valence-corrected chi connectivity index (χ3v) is 3.78. The number of hydrogen-bond acceptors (Lipinski definition) is 3. The minimum absolute atomic E-state index is 0.0263. The van der Waals surface area contributed by atoms with Gasteiger partial charge in [-0.1, -0.05) is 0 Å². The van der Waals surface area contributed by atoms with E-state index in [2.05, 4.69) is 10.6 Å². The molecule has 0 aromatic heterocycles. The predicted octanol–water partition coefficient (Wildman–Crippen LogP) is 2.64. The lowest BCUT2D eigenvalue weighted by Gasteiger charge is -2.16. The van der Waals surface area contributed by atoms with E-state index >= 15 is 0 Å². The number of anilines is 1. The van der Waals surface area contributed by atoms with Crippen LogP contribution in [-0.2, 0) is 20.5 Å². The number of halogens is 3. The average Bonchev–Trinajstić information content (AvgIpc) is 2.74. The number of alkyl halides is 3. The maximum absolute atomic E-state index is 12.7. The number of carbonyl (C=O) groups is 2. The molecule has 2 N–H and O–H groups in total. The fraction of sp³-hybridized carbons (Fsp3) is 0.500. The Balaban J connectivity index is 1.96. The highest BCUT2D eigenvalue weighted by Gasteiger charge is 2.32. The van der Waals surface area contributed by atoms with Gasteiger partial charge < -0.3 is 15.4 Å². The SMILES string of the molecule is Cc1cc(NC(=O)C(=O)NC2CCCOCC2)ccc1C(F)(F)F. The topological polar surface area (TPSA) is 67.4 Å². The smallest absolute Gasteiger partial charge is 0.381 e. The molecule has 0 bridgehead atoms. The van der Waals surface area contributed by atoms with E-state index in [0.717, 1.165) is 25.0 Å². The molecule has 132 valence electrons. The Morgan fingerprint density at radius 1 is 1.17 bits per heavy atom. The van der Waals surface area contributed by atoms with Crippen LogP contribution in [0, 0.1) is 6.92 Å². The van der Waals surface area contributed by atoms with Crippen LogP contribution in [0.4, 0.5) is 18.9 Å². The molecule has 1 aliphatic heterocycles. The zero-order chi connectivity index (χ0) is 17.7. The molecule has 1 saturated heterocycles. The molecule has 1 atom stereocenters. The summed E-state index contributed by atoms with van der Waals surface area (Å²) in [5, 5.41) is 4.93. The van der Waals surface area contributed by atoms with Crippen molar-refractivity contribution in [2.45, 2.75) is 38.4 Å². The van der Waals surface area contributed by atoms with E-state index in [4.69, 9.17) is 4.74 Å². The van der Waals surface area contributed by atoms with Gasteiger partial charge >= 0.3 is 18.0 Å². The second-order valence-corrected chi connectivity index (χ2v) is 5.70. The van der Waals surface area contributed by atoms with E-state index in [-0.39, 0.29) is 17.3 Å². The number of rotatable bonds is 2. The Hall–Kier alpha value is -2.09. The van der Waals surface area contributed by atoms with Crippen LogP contribution in [0.15, 0.2) is 18.2 Å². The molecule has 5 nitrogen and oxygen atoms in total. The minimum atomic E-state index is -4.45. The van der Waals surface area contributed by atoms with Gasteiger partial charge in [0.05, 0.1) is 5.56 Å². The van der Waals surface area contributed by atoms with Gasteiger partial charge in [0.2, 0.25) is 0 Å². The average molecular weight is 344 g/mol. The lowest BCUT2D eigenvalue weighted by molar-refractivity contribution is -0.138. The van der Waals surface area contributed by atoms with E-state index in [1.807, 2.05) is 0 Å². The van der Waals surface area contributed by atoms with Crippen molar-refractivity contribution >= 4 is 17.5 Å². The van der Waals surface area contributed by atoms with Gasteiger partial charge in [0.15, 0.2) is 0 Å². The van der Waals surface area contributed by atoms with Crippen molar-refractivity contribution in [3.63, 3.8) is 0 Å². The van der Waals surface area contributed by atoms with Gasteiger partial charge in [-0.3, -0.25) is 9.59 Å². The van der Waals surface area contributed by atoms with Crippen LogP contribution in [0.3, 0.4) is 0 Å². The van der Waals surface area contributed by atoms with Crippen LogP contribution in [0.1, 0.15) is 30.4 Å². The zero-order valence-corrected chi connectivity index (χ0v) is 13.2. The summed E-state index contributed by atoms with van der Waals surface area (Å²) in [5.74, 6) is -1.71. The highest BCUT2D eigenvalue weighted by Crippen LogP contribution is 2.32. The Labute approximate surface area is 137 Å². The molecule has 1 fully saturated rings. The maximum Gasteiger partial charge on any atom is 0.416 e. The summed E-state index contributed by atoms with van der Waals surface area (Å²) in [6.45, 7) is 2.44. The number of aryl methyl sites for hydroxylation is 1. The molecule has 1 aromatic carbocycles. The third kappa shape index (κ3) is 4.95. The largest absolute Gasteiger partial charge is 0.416 e. The molecular formula is C16H19F3N2O3. The molecule has 8 heteroatoms. The second-order valence-electron chi connectivity index (χ2n) is 5.70. The van der Waals surface area contributed by atoms with Gasteiger partial charge in [-0.15, -0.1) is 0 Å². The fourth-order valence-electron chi connectivity index (χ4n) is 2.55. The monoisotopic (exact) mass is 344 g/mol. The molecule has 24 heavy (non-hydrogen) atoms. The first-order chi connectivity index (χ1) is 11.3. The number of amides is 2. The Morgan fingerprint density at radius 3 is 2.58 bits per heavy atom. The molecule has 0 aliphatic carbocycles. The predicted molar refractivity (Wildman–Crippen MR) is 81.4 cm³/mol. The van der Waals surface area contributed by atoms with Crippen LogP contribution in [0.5, 0.6) is 0 Å². The Kier molecular flexibility index (Phi) is 5.82. The van der Waals surface area contributed by atoms with Gasteiger partial charge in [0.25, 0.3) is 0 Å². The highest BCUT2D eigenvalue weighted by molar-refractivity contribution is 6.39. The van der Waals surface area contributed by atoms with Gasteiger partial charge in [-0.05, 0) is 49.9 Å². The molecule has 1 aromatic rings. The second kappa shape index (κ2) is 7.65. The van der Waals surface area contributed by atoms with E-state index in [0.29, 0.717) is 19.6 Å². The van der Waals surface area contributed by atoms with Gasteiger partial charge in [0.1, 0.15) is 0 Å². The minimum Gasteiger partial charge on any atom is -0.381 e. The number of benzene rings is 1. The lowest BCUT2D eigenvalue weighted by Crippen LogP contribution is -2.42. The van der Waals surface area contributed by atoms with E-state index in [9.17, 15) is 22.8 Å². The lowest BCUT2D eigenvalue weighted by atomic mass is 10.1. The number of nitrogens with one attached hydrogen (secondary N) is 2. The first kappa shape index (κ1) is 18.3. The molecule has 1 aliphatic rings. The first-order valence-electron chi connectivity index (χ1n) is 7.65. The molecule has 2 rings (SSSR count).